The molecule has 0 aromatic carbocycles. The highest BCUT2D eigenvalue weighted by Crippen LogP contribution is 2.57. The molecule has 0 bridgehead atoms. The summed E-state index contributed by atoms with van der Waals surface area (Å²) in [7, 11) is 1.58. The number of hydrogen-bond donors (Lipinski definition) is 2. The summed E-state index contributed by atoms with van der Waals surface area (Å²) >= 11 is 0. The maximum absolute atomic E-state index is 13.6. The normalized spacial score (nSPS) is 26.8. The third-order valence-corrected chi connectivity index (χ3v) is 8.19. The Labute approximate surface area is 209 Å². The molecule has 9 nitrogen and oxygen atoms in total. The molecule has 3 unspecified atom stereocenters. The molecule has 0 saturated heterocycles. The van der Waals surface area contributed by atoms with Gasteiger partial charge < -0.3 is 24.6 Å². The molecule has 1 fully saturated rings. The van der Waals surface area contributed by atoms with Crippen molar-refractivity contribution in [2.75, 3.05) is 19.0 Å². The van der Waals surface area contributed by atoms with Crippen molar-refractivity contribution in [3.63, 3.8) is 0 Å². The number of carbonyl (C=O) groups is 2. The third-order valence-electron chi connectivity index (χ3n) is 8.19. The number of carboxylic acid groups (broad SMARTS) is 1. The summed E-state index contributed by atoms with van der Waals surface area (Å²) in [6.07, 6.45) is 12.3. The minimum Gasteiger partial charge on any atom is -0.481 e. The summed E-state index contributed by atoms with van der Waals surface area (Å²) in [4.78, 5) is 36.3. The number of ether oxygens (including phenoxy) is 1. The van der Waals surface area contributed by atoms with Crippen LogP contribution in [0.25, 0.3) is 0 Å². The van der Waals surface area contributed by atoms with E-state index in [1.165, 1.54) is 5.56 Å². The van der Waals surface area contributed by atoms with E-state index in [-0.39, 0.29) is 18.4 Å². The molecule has 9 heteroatoms. The van der Waals surface area contributed by atoms with Gasteiger partial charge in [-0.25, -0.2) is 9.98 Å². The van der Waals surface area contributed by atoms with Crippen molar-refractivity contribution in [2.24, 2.45) is 10.4 Å². The molecule has 6 rings (SSSR count). The van der Waals surface area contributed by atoms with Crippen LogP contribution < -0.4 is 5.32 Å². The first-order valence-electron chi connectivity index (χ1n) is 12.7. The molecule has 2 aromatic heterocycles. The number of dihydropyridines is 1. The number of fused-ring (bicyclic) bond motifs is 3. The van der Waals surface area contributed by atoms with Crippen molar-refractivity contribution in [2.45, 2.75) is 63.2 Å². The third kappa shape index (κ3) is 3.96. The van der Waals surface area contributed by atoms with E-state index in [0.29, 0.717) is 30.7 Å². The minimum atomic E-state index is -0.902. The lowest BCUT2D eigenvalue weighted by atomic mass is 9.89. The monoisotopic (exact) mass is 489 g/mol. The van der Waals surface area contributed by atoms with Gasteiger partial charge in [-0.3, -0.25) is 9.59 Å². The molecule has 0 radical (unpaired) electrons. The lowest BCUT2D eigenvalue weighted by Gasteiger charge is -2.39. The number of methoxy groups -OCH3 is 1. The molecule has 1 amide bonds. The number of aliphatic carboxylic acids is 1. The highest BCUT2D eigenvalue weighted by Gasteiger charge is 2.62. The lowest BCUT2D eigenvalue weighted by molar-refractivity contribution is -0.138. The van der Waals surface area contributed by atoms with Gasteiger partial charge in [0.1, 0.15) is 11.5 Å². The van der Waals surface area contributed by atoms with Crippen LogP contribution in [-0.4, -0.2) is 69.1 Å². The van der Waals surface area contributed by atoms with Gasteiger partial charge in [0.2, 0.25) is 5.90 Å². The standard InChI is InChI=1S/C27H31N5O4/c1-36-23-8-9-27(15-21(27)30-23)22(14-24(33)34)32-12-11-31-16-17(13-20(31)26(32)35)4-6-19-7-5-18-3-2-10-28-25(18)29-19/h2-3,8-10,13,16,19,21-22H,4-7,11-12,14-15H2,1H3,(H,28,29)(H,33,34)/t19?,21?,22-,27?/m0/s1. The van der Waals surface area contributed by atoms with Gasteiger partial charge in [0.25, 0.3) is 5.91 Å². The quantitative estimate of drug-likeness (QED) is 0.619. The van der Waals surface area contributed by atoms with E-state index in [4.69, 9.17) is 4.74 Å². The smallest absolute Gasteiger partial charge is 0.305 e. The number of anilines is 1. The predicted octanol–water partition coefficient (Wildman–Crippen LogP) is 2.92. The van der Waals surface area contributed by atoms with Crippen LogP contribution in [0.15, 0.2) is 47.7 Å². The van der Waals surface area contributed by atoms with Crippen molar-refractivity contribution in [1.82, 2.24) is 14.5 Å². The van der Waals surface area contributed by atoms with E-state index in [1.807, 2.05) is 29.0 Å². The molecule has 4 atom stereocenters. The molecule has 4 aliphatic rings. The Balaban J connectivity index is 1.16. The molecule has 2 N–H and O–H groups in total. The number of carbonyl (C=O) groups excluding carboxylic acids is 1. The van der Waals surface area contributed by atoms with Crippen molar-refractivity contribution in [1.29, 1.82) is 0 Å². The Hall–Kier alpha value is -3.62. The Morgan fingerprint density at radius 3 is 3.08 bits per heavy atom. The number of carboxylic acids is 1. The number of pyridine rings is 1. The summed E-state index contributed by atoms with van der Waals surface area (Å²) in [5, 5.41) is 13.2. The predicted molar refractivity (Wildman–Crippen MR) is 134 cm³/mol. The van der Waals surface area contributed by atoms with Crippen molar-refractivity contribution in [3.8, 4) is 0 Å². The number of aromatic nitrogens is 2. The van der Waals surface area contributed by atoms with Crippen molar-refractivity contribution in [3.05, 3.63) is 59.6 Å². The maximum atomic E-state index is 13.6. The van der Waals surface area contributed by atoms with Crippen molar-refractivity contribution >= 4 is 23.6 Å². The number of rotatable bonds is 7. The van der Waals surface area contributed by atoms with Gasteiger partial charge >= 0.3 is 5.97 Å². The zero-order valence-corrected chi connectivity index (χ0v) is 20.4. The van der Waals surface area contributed by atoms with Crippen LogP contribution in [0.5, 0.6) is 0 Å². The fraction of sp³-hybridized carbons (Fsp3) is 0.481. The van der Waals surface area contributed by atoms with Crippen LogP contribution in [0.2, 0.25) is 0 Å². The van der Waals surface area contributed by atoms with Crippen LogP contribution in [-0.2, 0) is 28.9 Å². The summed E-state index contributed by atoms with van der Waals surface area (Å²) in [6, 6.07) is 5.97. The number of hydrogen-bond acceptors (Lipinski definition) is 6. The Morgan fingerprint density at radius 2 is 2.28 bits per heavy atom. The fourth-order valence-electron chi connectivity index (χ4n) is 6.15. The van der Waals surface area contributed by atoms with Gasteiger partial charge in [-0.15, -0.1) is 0 Å². The molecule has 5 heterocycles. The maximum Gasteiger partial charge on any atom is 0.305 e. The molecule has 188 valence electrons. The topological polar surface area (TPSA) is 109 Å². The zero-order valence-electron chi connectivity index (χ0n) is 20.4. The highest BCUT2D eigenvalue weighted by molar-refractivity contribution is 5.95. The first-order valence-corrected chi connectivity index (χ1v) is 12.7. The second-order valence-corrected chi connectivity index (χ2v) is 10.3. The van der Waals surface area contributed by atoms with Gasteiger partial charge in [-0.2, -0.15) is 0 Å². The van der Waals surface area contributed by atoms with E-state index >= 15 is 0 Å². The highest BCUT2D eigenvalue weighted by atomic mass is 16.5. The van der Waals surface area contributed by atoms with E-state index in [1.54, 1.807) is 18.1 Å². The summed E-state index contributed by atoms with van der Waals surface area (Å²) < 4.78 is 7.27. The first kappa shape index (κ1) is 22.8. The Morgan fingerprint density at radius 1 is 1.39 bits per heavy atom. The first-order chi connectivity index (χ1) is 17.5. The molecule has 0 spiro atoms. The number of aliphatic imine (C=N–C) groups is 1. The minimum absolute atomic E-state index is 0.0403. The second-order valence-electron chi connectivity index (χ2n) is 10.3. The van der Waals surface area contributed by atoms with Crippen LogP contribution in [0, 0.1) is 5.41 Å². The average molecular weight is 490 g/mol. The largest absolute Gasteiger partial charge is 0.481 e. The van der Waals surface area contributed by atoms with Crippen LogP contribution in [0.1, 0.15) is 47.3 Å². The molecule has 1 saturated carbocycles. The molecule has 3 aliphatic heterocycles. The molecular weight excluding hydrogens is 458 g/mol. The van der Waals surface area contributed by atoms with E-state index in [2.05, 4.69) is 27.6 Å². The van der Waals surface area contributed by atoms with Gasteiger partial charge in [-0.1, -0.05) is 12.1 Å². The van der Waals surface area contributed by atoms with Crippen LogP contribution in [0.4, 0.5) is 5.82 Å². The van der Waals surface area contributed by atoms with Gasteiger partial charge in [-0.05, 0) is 61.4 Å². The Bertz CT molecular complexity index is 1270. The van der Waals surface area contributed by atoms with E-state index in [0.717, 1.165) is 43.5 Å². The van der Waals surface area contributed by atoms with Gasteiger partial charge in [0, 0.05) is 36.9 Å². The summed E-state index contributed by atoms with van der Waals surface area (Å²) in [6.45, 7) is 1.15. The molecule has 2 aromatic rings. The molecule has 36 heavy (non-hydrogen) atoms. The summed E-state index contributed by atoms with van der Waals surface area (Å²) in [5.74, 6) is 0.539. The van der Waals surface area contributed by atoms with Crippen LogP contribution in [0.3, 0.4) is 0 Å². The SMILES string of the molecule is COC1=NC2CC2([C@H](CC(=O)O)N2CCn3cc(CCC4CCc5cccnc5N4)cc3C2=O)C=C1. The average Bonchev–Trinajstić information content (AvgIpc) is 3.47. The molecular formula is C27H31N5O4. The lowest BCUT2D eigenvalue weighted by Crippen LogP contribution is -2.51. The number of aryl methyl sites for hydroxylation is 2. The van der Waals surface area contributed by atoms with E-state index in [9.17, 15) is 14.7 Å². The van der Waals surface area contributed by atoms with Gasteiger partial charge in [0.05, 0.1) is 25.6 Å². The second kappa shape index (κ2) is 8.80. The Kier molecular flexibility index (Phi) is 5.58. The zero-order chi connectivity index (χ0) is 24.9. The number of nitrogens with one attached hydrogen (secondary N) is 1. The number of amides is 1. The summed E-state index contributed by atoms with van der Waals surface area (Å²) in [5.41, 5.74) is 2.62. The fourth-order valence-corrected chi connectivity index (χ4v) is 6.15. The molecule has 1 aliphatic carbocycles. The number of nitrogens with zero attached hydrogens (tertiary/aromatic N) is 4. The van der Waals surface area contributed by atoms with E-state index < -0.39 is 17.4 Å². The van der Waals surface area contributed by atoms with Crippen LogP contribution >= 0.6 is 0 Å². The van der Waals surface area contributed by atoms with Crippen molar-refractivity contribution < 1.29 is 19.4 Å². The van der Waals surface area contributed by atoms with Gasteiger partial charge in [0.15, 0.2) is 0 Å².